The molecule has 7 saturated heterocycles. The molecule has 7 heterocycles. The van der Waals surface area contributed by atoms with E-state index in [4.69, 9.17) is 78.1 Å². The van der Waals surface area contributed by atoms with Crippen LogP contribution in [-0.4, -0.2) is 201 Å². The number of nitrogens with zero attached hydrogens (tertiary/aromatic N) is 1. The van der Waals surface area contributed by atoms with Crippen LogP contribution in [0.15, 0.2) is 194 Å². The largest absolute Gasteiger partial charge is 0.465 e. The van der Waals surface area contributed by atoms with Crippen LogP contribution < -0.4 is 36.9 Å². The first kappa shape index (κ1) is 133. The number of carbonyl (C=O) groups excluding carboxylic acids is 6. The first-order valence-electron chi connectivity index (χ1n) is 53.2. The van der Waals surface area contributed by atoms with Crippen LogP contribution in [0.1, 0.15) is 302 Å². The van der Waals surface area contributed by atoms with E-state index in [9.17, 15) is 28.8 Å². The summed E-state index contributed by atoms with van der Waals surface area (Å²) in [6.07, 6.45) is 16.5. The van der Waals surface area contributed by atoms with E-state index in [1.807, 2.05) is 76.2 Å². The van der Waals surface area contributed by atoms with E-state index >= 15 is 0 Å². The summed E-state index contributed by atoms with van der Waals surface area (Å²) in [6, 6.07) is 64.1. The second kappa shape index (κ2) is 59.8. The van der Waals surface area contributed by atoms with Gasteiger partial charge in [-0.1, -0.05) is 282 Å². The maximum absolute atomic E-state index is 12.3. The van der Waals surface area contributed by atoms with Crippen molar-refractivity contribution in [3.05, 3.63) is 205 Å². The number of aliphatic hydroxyl groups excluding tert-OH is 1. The quantitative estimate of drug-likeness (QED) is 0.00536. The van der Waals surface area contributed by atoms with Crippen molar-refractivity contribution in [3.63, 3.8) is 0 Å². The van der Waals surface area contributed by atoms with Crippen molar-refractivity contribution in [1.82, 2.24) is 0 Å². The molecule has 7 aliphatic rings. The Bertz CT molecular complexity index is 4970. The summed E-state index contributed by atoms with van der Waals surface area (Å²) >= 11 is 2.96. The Kier molecular flexibility index (Phi) is 53.4. The van der Waals surface area contributed by atoms with Gasteiger partial charge in [0.2, 0.25) is 6.04 Å². The number of benzene rings is 6. The average molecular weight is 2350 g/mol. The fraction of sp³-hybridized carbons (Fsp3) is 0.625. The number of allylic oxidation sites excluding steroid dienone is 2. The Labute approximate surface area is 934 Å². The molecule has 6 aromatic rings. The first-order chi connectivity index (χ1) is 68.2. The van der Waals surface area contributed by atoms with E-state index < -0.39 is 64.3 Å². The van der Waals surface area contributed by atoms with Crippen molar-refractivity contribution in [2.24, 2.45) is 33.8 Å². The van der Waals surface area contributed by atoms with E-state index in [0.717, 1.165) is 109 Å². The molecule has 0 aliphatic carbocycles. The third kappa shape index (κ3) is 36.7. The molecule has 7 aliphatic heterocycles. The van der Waals surface area contributed by atoms with Gasteiger partial charge in [-0.25, -0.2) is 6.57 Å². The molecular weight excluding hydrogens is 2160 g/mol. The van der Waals surface area contributed by atoms with Crippen LogP contribution in [0, 0.1) is 34.7 Å². The molecule has 29 heteroatoms. The number of rotatable bonds is 37. The Morgan fingerprint density at radius 1 is 0.443 bits per heavy atom. The molecule has 0 aromatic heterocycles. The number of nitrogens with two attached hydrogens (primary N) is 1. The van der Waals surface area contributed by atoms with Crippen LogP contribution in [-0.2, 0) is 109 Å². The van der Waals surface area contributed by atoms with Gasteiger partial charge < -0.3 is 76.3 Å². The molecule has 826 valence electrons. The smallest absolute Gasteiger partial charge is 0.311 e. The number of aliphatic hydroxyl groups is 1. The van der Waals surface area contributed by atoms with Crippen LogP contribution in [0.4, 0.5) is 4.70 Å². The molecule has 0 spiro atoms. The molecule has 13 rings (SSSR count). The Hall–Kier alpha value is -6.26. The van der Waals surface area contributed by atoms with Gasteiger partial charge in [-0.2, -0.15) is 0 Å². The number of esters is 3. The number of hydrogen-bond donors (Lipinski definition) is 2. The fourth-order valence-corrected chi connectivity index (χ4v) is 35.2. The molecule has 22 nitrogen and oxygen atoms in total. The van der Waals surface area contributed by atoms with Gasteiger partial charge in [-0.3, -0.25) is 33.5 Å². The van der Waals surface area contributed by atoms with Crippen LogP contribution in [0.3, 0.4) is 0 Å². The third-order valence-electron chi connectivity index (χ3n) is 29.2. The van der Waals surface area contributed by atoms with Crippen LogP contribution in [0.2, 0.25) is 15.1 Å². The Balaban J connectivity index is 0.000000368. The molecule has 149 heavy (non-hydrogen) atoms. The van der Waals surface area contributed by atoms with Crippen molar-refractivity contribution >= 4 is 131 Å². The molecule has 6 aromatic carbocycles. The minimum atomic E-state index is -2.83. The summed E-state index contributed by atoms with van der Waals surface area (Å²) in [5.41, 5.74) is 3.51. The molecule has 0 radical (unpaired) electrons. The fourth-order valence-electron chi connectivity index (χ4n) is 21.4. The topological polar surface area (TPSA) is 273 Å². The van der Waals surface area contributed by atoms with Gasteiger partial charge in [-0.15, -0.1) is 24.0 Å². The number of ether oxygens (including phenoxy) is 10. The van der Waals surface area contributed by atoms with E-state index in [0.29, 0.717) is 76.4 Å². The Morgan fingerprint density at radius 3 is 0.913 bits per heavy atom. The van der Waals surface area contributed by atoms with Gasteiger partial charge in [0.25, 0.3) is 25.0 Å². The molecule has 3 N–H and O–H groups in total. The predicted molar refractivity (Wildman–Crippen MR) is 612 cm³/mol. The molecule has 0 bridgehead atoms. The summed E-state index contributed by atoms with van der Waals surface area (Å²) in [7, 11) is -8.42. The van der Waals surface area contributed by atoms with Crippen molar-refractivity contribution in [2.45, 2.75) is 401 Å². The summed E-state index contributed by atoms with van der Waals surface area (Å²) in [6.45, 7) is 58.9. The molecule has 7 fully saturated rings. The number of fused-ring (bicyclic) bond motifs is 3. The first-order valence-corrected chi connectivity index (χ1v) is 60.0. The van der Waals surface area contributed by atoms with Gasteiger partial charge in [0.05, 0.1) is 116 Å². The number of alkyl halides is 1. The minimum Gasteiger partial charge on any atom is -0.465 e. The monoisotopic (exact) mass is 2340 g/mol. The van der Waals surface area contributed by atoms with Crippen molar-refractivity contribution in [1.29, 1.82) is 0 Å². The summed E-state index contributed by atoms with van der Waals surface area (Å²) in [5, 5.41) is 15.9. The van der Waals surface area contributed by atoms with Gasteiger partial charge in [0, 0.05) is 76.7 Å². The van der Waals surface area contributed by atoms with E-state index in [1.165, 1.54) is 51.0 Å². The number of ketones is 3. The summed E-state index contributed by atoms with van der Waals surface area (Å²) in [5.74, 6) is -0.277. The predicted octanol–water partition coefficient (Wildman–Crippen LogP) is 22.3. The van der Waals surface area contributed by atoms with Crippen molar-refractivity contribution in [3.8, 4) is 0 Å². The van der Waals surface area contributed by atoms with Crippen LogP contribution in [0.5, 0.6) is 0 Å². The molecule has 0 saturated carbocycles. The zero-order valence-electron chi connectivity index (χ0n) is 93.3. The molecular formula is C120H181BrFIN2O20Si3Zn. The van der Waals surface area contributed by atoms with E-state index in [2.05, 4.69) is 272 Å². The van der Waals surface area contributed by atoms with Crippen LogP contribution >= 0.6 is 39.9 Å². The SMILES string of the molecule is C.CC(=O)/C=C(\N)[C@H](C)C[C@H]1CC[C@@H]2O[C@@H](CCCOC(=O)C(C)(C)C)C[C@]2(CO[Si](c2ccccc2)(c2ccccc2)C(C)(C)C)O1.CC(=O)CBr.CC(=O)[C@H](C)C[C@H]1CC[C@@H]2O[C@@H](CCCOC(=O)C(C)(C)C)C[C@]2(CO[Si](c2ccccc2)(c2ccccc2)C(C)(C)C)O1.F.I.OC1CCCO1.[C-]#[N+][C@H](C)C[C@H]1CC[C@@H]2O[C@@H](CCCOC(=O)C(C)(C)C)C[C@]2(CO[Si](c2ccccc2)(c2ccccc2)C(C)(C)C)O1.[Zn]. The average Bonchev–Trinajstić information content (AvgIpc) is 1.69. The summed E-state index contributed by atoms with van der Waals surface area (Å²) < 4.78 is 85.1. The second-order valence-electron chi connectivity index (χ2n) is 47.6. The number of carbonyl (C=O) groups is 6. The molecule has 0 amide bonds. The van der Waals surface area contributed by atoms with Gasteiger partial charge in [0.1, 0.15) is 28.4 Å². The third-order valence-corrected chi connectivity index (χ3v) is 44.9. The van der Waals surface area contributed by atoms with E-state index in [-0.39, 0.29) is 179 Å². The van der Waals surface area contributed by atoms with Gasteiger partial charge in [-0.05, 0) is 238 Å². The van der Waals surface area contributed by atoms with Crippen molar-refractivity contribution in [2.75, 3.05) is 51.6 Å². The normalized spacial score (nSPS) is 23.9. The molecule has 1 unspecified atom stereocenters. The minimum absolute atomic E-state index is 0. The standard InChI is InChI=1S/C39H57NO6Si.C37H54O6Si.C36H51NO5Si.C4H8O2.C3H5BrO.CH4.FH.HI.Zn/c1-28(34(40)25-29(2)41)24-30-21-22-35-39(46-30,26-31(45-35)16-15-23-43-36(42)37(3,4)5)27-44-47(38(6,7)8,32-17-11-9-12-18-32)33-19-13-10-14-20-33;1-27(28(2)38)24-29-21-22-33-37(43-29,25-30(42-33)16-15-23-40-34(39)35(3,4)5)26-41-44(36(6,7)8,31-17-11-9-12-18-31)32-19-13-10-14-20-32;1-27(37-8)24-28-21-22-32-36(42-28,25-29(41-32)16-15-23-39-33(38)34(2,3)4)26-40-43(35(5,6)7,30-17-11-9-12-18-30)31-19-13-10-14-20-31;5-4-2-1-3-6-4;1-3(5)2-4;;;;/h9-14,17-20,25,28,30-31,35H,15-16,21-24,26-27,40H2,1-8H3;9-14,17-20,27,29-30,33H,15-16,21-26H2,1-8H3;9-14,17-20,27-29,32H,15-16,21-26H2,1-7H3;4-5H,1-3H2;2H2,1H3;1H4;2*1H;/b34-25-;;;;;;;;/t28-,30-,31+,35+,39-;27-,29-,30+,33+,37-;27-,28-,29+,32+,36-;;;;;;/m111....../s1. The van der Waals surface area contributed by atoms with Gasteiger partial charge >= 0.3 is 17.9 Å². The molecule has 16 atom stereocenters. The zero-order chi connectivity index (χ0) is 107. The Morgan fingerprint density at radius 2 is 0.705 bits per heavy atom. The zero-order valence-corrected chi connectivity index (χ0v) is 103. The number of hydrogen-bond acceptors (Lipinski definition) is 21. The number of halogens is 3. The van der Waals surface area contributed by atoms with Crippen LogP contribution in [0.25, 0.3) is 4.85 Å². The summed E-state index contributed by atoms with van der Waals surface area (Å²) in [4.78, 5) is 74.3. The second-order valence-corrected chi connectivity index (χ2v) is 61.1. The van der Waals surface area contributed by atoms with Crippen molar-refractivity contribution < 1.29 is 119 Å². The number of Topliss-reactive ketones (excluding diaryl/α,β-unsaturated/α-hetero) is 2. The maximum atomic E-state index is 12.3. The van der Waals surface area contributed by atoms with E-state index in [1.54, 1.807) is 6.92 Å². The maximum Gasteiger partial charge on any atom is 0.311 e. The van der Waals surface area contributed by atoms with Gasteiger partial charge in [0.15, 0.2) is 12.1 Å².